The average Bonchev–Trinajstić information content (AvgIpc) is 2.48. The summed E-state index contributed by atoms with van der Waals surface area (Å²) in [7, 11) is 3.73. The van der Waals surface area contributed by atoms with Gasteiger partial charge in [0.2, 0.25) is 0 Å². The molecule has 0 aliphatic rings. The number of allylic oxidation sites excluding steroid dienone is 3. The summed E-state index contributed by atoms with van der Waals surface area (Å²) in [5.74, 6) is 0.458. The van der Waals surface area contributed by atoms with E-state index in [1.807, 2.05) is 55.2 Å². The van der Waals surface area contributed by atoms with Crippen LogP contribution in [0.15, 0.2) is 81.5 Å². The van der Waals surface area contributed by atoms with E-state index in [1.54, 1.807) is 19.2 Å². The molecule has 0 fully saturated rings. The number of hydrogen-bond acceptors (Lipinski definition) is 4. The molecule has 0 aliphatic carbocycles. The van der Waals surface area contributed by atoms with Gasteiger partial charge in [0, 0.05) is 20.3 Å². The molecular formula is C15H20N6. The second-order valence-electron chi connectivity index (χ2n) is 4.12. The quantitative estimate of drug-likeness (QED) is 0.292. The molecule has 0 saturated heterocycles. The second-order valence-corrected chi connectivity index (χ2v) is 4.12. The molecule has 1 aromatic rings. The minimum atomic E-state index is 0.458. The number of nitrogens with one attached hydrogen (secondary N) is 1. The molecule has 0 atom stereocenters. The van der Waals surface area contributed by atoms with Crippen LogP contribution in [0.5, 0.6) is 0 Å². The van der Waals surface area contributed by atoms with Crippen molar-refractivity contribution in [2.24, 2.45) is 27.5 Å². The highest BCUT2D eigenvalue weighted by molar-refractivity contribution is 5.79. The van der Waals surface area contributed by atoms with Crippen LogP contribution >= 0.6 is 0 Å². The first-order valence-corrected chi connectivity index (χ1v) is 6.44. The first-order valence-electron chi connectivity index (χ1n) is 6.44. The summed E-state index contributed by atoms with van der Waals surface area (Å²) in [5, 5.41) is 18.9. The molecule has 0 aromatic carbocycles. The van der Waals surface area contributed by atoms with Gasteiger partial charge >= 0.3 is 0 Å². The van der Waals surface area contributed by atoms with Gasteiger partial charge in [-0.1, -0.05) is 18.7 Å². The summed E-state index contributed by atoms with van der Waals surface area (Å²) in [6.45, 7) is 5.50. The highest BCUT2D eigenvalue weighted by atomic mass is 15.3. The van der Waals surface area contributed by atoms with Crippen molar-refractivity contribution in [3.05, 3.63) is 66.6 Å². The Morgan fingerprint density at radius 1 is 1.29 bits per heavy atom. The minimum absolute atomic E-state index is 0.458. The van der Waals surface area contributed by atoms with Crippen LogP contribution in [0.25, 0.3) is 0 Å². The Labute approximate surface area is 124 Å². The zero-order valence-electron chi connectivity index (χ0n) is 12.6. The first kappa shape index (κ1) is 16.3. The van der Waals surface area contributed by atoms with Gasteiger partial charge in [0.25, 0.3) is 0 Å². The summed E-state index contributed by atoms with van der Waals surface area (Å²) >= 11 is 0. The lowest BCUT2D eigenvalue weighted by Crippen LogP contribution is -2.15. The van der Waals surface area contributed by atoms with Crippen LogP contribution < -0.4 is 10.8 Å². The van der Waals surface area contributed by atoms with E-state index in [9.17, 15) is 0 Å². The van der Waals surface area contributed by atoms with Gasteiger partial charge in [0.15, 0.2) is 11.3 Å². The molecule has 0 aliphatic heterocycles. The highest BCUT2D eigenvalue weighted by Gasteiger charge is 1.87. The number of aryl methyl sites for hydroxylation is 1. The number of rotatable bonds is 5. The lowest BCUT2D eigenvalue weighted by Gasteiger charge is -1.95. The molecule has 0 amide bonds. The van der Waals surface area contributed by atoms with Crippen LogP contribution in [0.2, 0.25) is 0 Å². The molecule has 0 bridgehead atoms. The summed E-state index contributed by atoms with van der Waals surface area (Å²) < 4.78 is 1.86. The van der Waals surface area contributed by atoms with E-state index in [1.165, 1.54) is 0 Å². The lowest BCUT2D eigenvalue weighted by molar-refractivity contribution is 0.815. The largest absolute Gasteiger partial charge is 0.394 e. The predicted molar refractivity (Wildman–Crippen MR) is 85.4 cm³/mol. The van der Waals surface area contributed by atoms with Crippen molar-refractivity contribution in [3.63, 3.8) is 0 Å². The molecule has 1 rings (SSSR count). The minimum Gasteiger partial charge on any atom is -0.394 e. The fourth-order valence-corrected chi connectivity index (χ4v) is 1.25. The van der Waals surface area contributed by atoms with Crippen LogP contribution in [0, 0.1) is 0 Å². The van der Waals surface area contributed by atoms with E-state index >= 15 is 0 Å². The van der Waals surface area contributed by atoms with E-state index in [0.717, 1.165) is 5.49 Å². The van der Waals surface area contributed by atoms with E-state index in [2.05, 4.69) is 32.3 Å². The van der Waals surface area contributed by atoms with Crippen LogP contribution in [0.4, 0.5) is 0 Å². The van der Waals surface area contributed by atoms with Gasteiger partial charge in [0.1, 0.15) is 0 Å². The van der Waals surface area contributed by atoms with Crippen molar-refractivity contribution in [3.8, 4) is 0 Å². The Morgan fingerprint density at radius 3 is 2.81 bits per heavy atom. The standard InChI is InChI=1S/C15H20N6/c1-13(9-5-7-11-16-3)17-18-14(2)19-20-15-10-6-8-12-21(15)4/h5-12,16H,1H2,2-4H3/b9-5-,11-7-,18-17?,19-14+,20-15+. The van der Waals surface area contributed by atoms with Crippen molar-refractivity contribution in [1.82, 2.24) is 9.88 Å². The maximum atomic E-state index is 4.10. The van der Waals surface area contributed by atoms with Crippen LogP contribution in [0.1, 0.15) is 6.92 Å². The maximum absolute atomic E-state index is 4.10. The van der Waals surface area contributed by atoms with Crippen LogP contribution in [-0.2, 0) is 7.05 Å². The van der Waals surface area contributed by atoms with Crippen molar-refractivity contribution < 1.29 is 0 Å². The molecule has 1 aromatic heterocycles. The van der Waals surface area contributed by atoms with E-state index in [4.69, 9.17) is 0 Å². The van der Waals surface area contributed by atoms with Gasteiger partial charge in [-0.3, -0.25) is 0 Å². The van der Waals surface area contributed by atoms with Crippen molar-refractivity contribution >= 4 is 5.84 Å². The molecule has 110 valence electrons. The van der Waals surface area contributed by atoms with Crippen LogP contribution in [-0.4, -0.2) is 17.5 Å². The fraction of sp³-hybridized carbons (Fsp3) is 0.200. The number of pyridine rings is 1. The van der Waals surface area contributed by atoms with Gasteiger partial charge in [-0.05, 0) is 37.4 Å². The number of amidine groups is 1. The smallest absolute Gasteiger partial charge is 0.170 e. The third-order valence-corrected chi connectivity index (χ3v) is 2.31. The van der Waals surface area contributed by atoms with Gasteiger partial charge in [-0.25, -0.2) is 0 Å². The summed E-state index contributed by atoms with van der Waals surface area (Å²) in [5.41, 5.74) is 1.28. The molecule has 0 spiro atoms. The van der Waals surface area contributed by atoms with Crippen LogP contribution in [0.3, 0.4) is 0 Å². The first-order chi connectivity index (χ1) is 10.1. The summed E-state index contributed by atoms with van der Waals surface area (Å²) in [6, 6.07) is 5.69. The number of nitrogens with zero attached hydrogens (tertiary/aromatic N) is 5. The molecule has 0 radical (unpaired) electrons. The summed E-state index contributed by atoms with van der Waals surface area (Å²) in [6.07, 6.45) is 9.10. The van der Waals surface area contributed by atoms with Crippen molar-refractivity contribution in [1.29, 1.82) is 0 Å². The highest BCUT2D eigenvalue weighted by Crippen LogP contribution is 1.97. The number of aromatic nitrogens is 1. The third kappa shape index (κ3) is 6.81. The van der Waals surface area contributed by atoms with Crippen molar-refractivity contribution in [2.75, 3.05) is 7.05 Å². The molecule has 0 saturated carbocycles. The second kappa shape index (κ2) is 9.19. The Morgan fingerprint density at radius 2 is 2.10 bits per heavy atom. The molecule has 0 unspecified atom stereocenters. The van der Waals surface area contributed by atoms with E-state index in [-0.39, 0.29) is 0 Å². The van der Waals surface area contributed by atoms with E-state index < -0.39 is 0 Å². The fourth-order valence-electron chi connectivity index (χ4n) is 1.25. The predicted octanol–water partition coefficient (Wildman–Crippen LogP) is 2.51. The number of hydrogen-bond donors (Lipinski definition) is 1. The Hall–Kier alpha value is -2.76. The van der Waals surface area contributed by atoms with Gasteiger partial charge < -0.3 is 9.88 Å². The molecule has 21 heavy (non-hydrogen) atoms. The Kier molecular flexibility index (Phi) is 7.13. The zero-order valence-corrected chi connectivity index (χ0v) is 12.6. The normalized spacial score (nSPS) is 13.7. The molecule has 1 N–H and O–H groups in total. The van der Waals surface area contributed by atoms with E-state index in [0.29, 0.717) is 11.5 Å². The summed E-state index contributed by atoms with van der Waals surface area (Å²) in [4.78, 5) is 0. The maximum Gasteiger partial charge on any atom is 0.170 e. The Bertz CT molecular complexity index is 646. The van der Waals surface area contributed by atoms with Gasteiger partial charge in [0.05, 0.1) is 5.70 Å². The SMILES string of the molecule is C=C(/C=C\C=C/NC)N=N/C(C)=N/N=c1\ccccn1C. The average molecular weight is 284 g/mol. The van der Waals surface area contributed by atoms with Crippen molar-refractivity contribution in [2.45, 2.75) is 6.92 Å². The monoisotopic (exact) mass is 284 g/mol. The third-order valence-electron chi connectivity index (χ3n) is 2.31. The molecular weight excluding hydrogens is 264 g/mol. The molecule has 6 heteroatoms. The number of azo groups is 1. The lowest BCUT2D eigenvalue weighted by atomic mass is 10.4. The Balaban J connectivity index is 2.68. The topological polar surface area (TPSA) is 66.4 Å². The molecule has 6 nitrogen and oxygen atoms in total. The van der Waals surface area contributed by atoms with Gasteiger partial charge in [-0.2, -0.15) is 0 Å². The van der Waals surface area contributed by atoms with Gasteiger partial charge in [-0.15, -0.1) is 20.4 Å². The molecule has 1 heterocycles. The zero-order chi connectivity index (χ0) is 15.5.